The number of carbonyl (C=O) groups excluding carboxylic acids is 1. The maximum Gasteiger partial charge on any atom is 0.410 e. The van der Waals surface area contributed by atoms with Gasteiger partial charge in [0, 0.05) is 36.8 Å². The first kappa shape index (κ1) is 24.0. The molecule has 2 unspecified atom stereocenters. The molecule has 0 aliphatic carbocycles. The molecular formula is C28H35N3O3. The zero-order valence-electron chi connectivity index (χ0n) is 21.0. The van der Waals surface area contributed by atoms with Gasteiger partial charge in [-0.25, -0.2) is 4.79 Å². The lowest BCUT2D eigenvalue weighted by molar-refractivity contribution is 0.0280. The van der Waals surface area contributed by atoms with Crippen LogP contribution in [0.4, 0.5) is 4.79 Å². The molecule has 1 aliphatic rings. The highest BCUT2D eigenvalue weighted by Gasteiger charge is 2.36. The third-order valence-electron chi connectivity index (χ3n) is 6.59. The summed E-state index contributed by atoms with van der Waals surface area (Å²) >= 11 is 0. The number of nitrogens with one attached hydrogen (secondary N) is 1. The third kappa shape index (κ3) is 5.17. The predicted molar refractivity (Wildman–Crippen MR) is 137 cm³/mol. The molecule has 180 valence electrons. The van der Waals surface area contributed by atoms with E-state index in [-0.39, 0.29) is 17.7 Å². The van der Waals surface area contributed by atoms with Gasteiger partial charge >= 0.3 is 6.09 Å². The van der Waals surface area contributed by atoms with Gasteiger partial charge in [0.25, 0.3) is 5.56 Å². The van der Waals surface area contributed by atoms with E-state index in [2.05, 4.69) is 54.2 Å². The van der Waals surface area contributed by atoms with Crippen molar-refractivity contribution in [1.29, 1.82) is 0 Å². The van der Waals surface area contributed by atoms with Crippen molar-refractivity contribution in [3.8, 4) is 11.3 Å². The van der Waals surface area contributed by atoms with Crippen LogP contribution in [-0.4, -0.2) is 52.7 Å². The molecule has 1 saturated heterocycles. The highest BCUT2D eigenvalue weighted by atomic mass is 16.6. The lowest BCUT2D eigenvalue weighted by Gasteiger charge is -2.28. The van der Waals surface area contributed by atoms with Crippen LogP contribution in [0.15, 0.2) is 53.3 Å². The Labute approximate surface area is 201 Å². The molecule has 1 amide bonds. The quantitative estimate of drug-likeness (QED) is 0.581. The fourth-order valence-electron chi connectivity index (χ4n) is 4.79. The van der Waals surface area contributed by atoms with Crippen LogP contribution in [0.3, 0.4) is 0 Å². The Bertz CT molecular complexity index is 1240. The topological polar surface area (TPSA) is 65.6 Å². The van der Waals surface area contributed by atoms with Gasteiger partial charge < -0.3 is 14.6 Å². The average Bonchev–Trinajstić information content (AvgIpc) is 3.16. The minimum Gasteiger partial charge on any atom is -0.444 e. The summed E-state index contributed by atoms with van der Waals surface area (Å²) in [6.45, 7) is 12.1. The number of H-pyrrole nitrogens is 1. The number of likely N-dealkylation sites (N-methyl/N-ethyl adjacent to an activating group) is 1. The zero-order chi connectivity index (χ0) is 24.6. The molecule has 0 saturated carbocycles. The van der Waals surface area contributed by atoms with E-state index < -0.39 is 5.60 Å². The summed E-state index contributed by atoms with van der Waals surface area (Å²) in [5, 5.41) is 1.70. The van der Waals surface area contributed by atoms with Crippen LogP contribution in [0.5, 0.6) is 0 Å². The van der Waals surface area contributed by atoms with Gasteiger partial charge in [-0.05, 0) is 74.9 Å². The van der Waals surface area contributed by atoms with E-state index in [9.17, 15) is 9.59 Å². The van der Waals surface area contributed by atoms with E-state index in [0.717, 1.165) is 28.8 Å². The van der Waals surface area contributed by atoms with Crippen molar-refractivity contribution in [3.63, 3.8) is 0 Å². The van der Waals surface area contributed by atoms with Crippen LogP contribution in [0.25, 0.3) is 22.0 Å². The molecule has 1 aromatic heterocycles. The number of benzene rings is 2. The molecule has 0 spiro atoms. The Hall–Kier alpha value is -3.12. The number of hydrogen-bond acceptors (Lipinski definition) is 4. The van der Waals surface area contributed by atoms with E-state index in [1.165, 1.54) is 5.56 Å². The van der Waals surface area contributed by atoms with E-state index >= 15 is 0 Å². The van der Waals surface area contributed by atoms with E-state index in [4.69, 9.17) is 4.74 Å². The van der Waals surface area contributed by atoms with Crippen LogP contribution in [0.2, 0.25) is 0 Å². The van der Waals surface area contributed by atoms with E-state index in [0.29, 0.717) is 24.4 Å². The van der Waals surface area contributed by atoms with Gasteiger partial charge in [0.05, 0.1) is 0 Å². The molecule has 0 bridgehead atoms. The smallest absolute Gasteiger partial charge is 0.410 e. The van der Waals surface area contributed by atoms with Gasteiger partial charge in [0.2, 0.25) is 0 Å². The molecule has 2 heterocycles. The first-order valence-electron chi connectivity index (χ1n) is 11.9. The summed E-state index contributed by atoms with van der Waals surface area (Å²) in [6.07, 6.45) is -0.237. The summed E-state index contributed by atoms with van der Waals surface area (Å²) in [7, 11) is 2.11. The Balaban J connectivity index is 1.45. The molecule has 2 aromatic carbocycles. The standard InChI is InChI=1S/C28H35N3O3/c1-18-8-7-9-22-23(18)14-24(29-26(22)32)21-12-10-20(11-13-21)16-30(6)25-17-31(15-19(25)2)27(33)34-28(3,4)5/h7-14,19,25H,15-17H2,1-6H3,(H,29,32). The third-order valence-corrected chi connectivity index (χ3v) is 6.59. The molecule has 2 atom stereocenters. The summed E-state index contributed by atoms with van der Waals surface area (Å²) in [5.74, 6) is 0.364. The number of hydrogen-bond donors (Lipinski definition) is 1. The van der Waals surface area contributed by atoms with Crippen LogP contribution >= 0.6 is 0 Å². The molecule has 3 aromatic rings. The van der Waals surface area contributed by atoms with Crippen molar-refractivity contribution in [2.45, 2.75) is 52.8 Å². The number of rotatable bonds is 4. The maximum atomic E-state index is 12.6. The number of aryl methyl sites for hydroxylation is 1. The molecule has 1 N–H and O–H groups in total. The van der Waals surface area contributed by atoms with Crippen molar-refractivity contribution in [2.24, 2.45) is 5.92 Å². The van der Waals surface area contributed by atoms with Gasteiger partial charge in [-0.2, -0.15) is 0 Å². The molecule has 1 fully saturated rings. The lowest BCUT2D eigenvalue weighted by Crippen LogP contribution is -2.39. The number of amides is 1. The zero-order valence-corrected chi connectivity index (χ0v) is 21.0. The Morgan fingerprint density at radius 1 is 1.12 bits per heavy atom. The van der Waals surface area contributed by atoms with Crippen LogP contribution < -0.4 is 5.56 Å². The first-order valence-corrected chi connectivity index (χ1v) is 11.9. The van der Waals surface area contributed by atoms with Gasteiger partial charge in [-0.15, -0.1) is 0 Å². The second-order valence-corrected chi connectivity index (χ2v) is 10.6. The van der Waals surface area contributed by atoms with Gasteiger partial charge in [-0.3, -0.25) is 9.69 Å². The number of likely N-dealkylation sites (tertiary alicyclic amines) is 1. The van der Waals surface area contributed by atoms with Crippen molar-refractivity contribution in [2.75, 3.05) is 20.1 Å². The van der Waals surface area contributed by atoms with Gasteiger partial charge in [-0.1, -0.05) is 43.3 Å². The largest absolute Gasteiger partial charge is 0.444 e. The fraction of sp³-hybridized carbons (Fsp3) is 0.429. The number of carbonyl (C=O) groups is 1. The average molecular weight is 462 g/mol. The number of aromatic nitrogens is 1. The van der Waals surface area contributed by atoms with Crippen LogP contribution in [0, 0.1) is 12.8 Å². The van der Waals surface area contributed by atoms with Crippen molar-refractivity contribution >= 4 is 16.9 Å². The molecule has 0 radical (unpaired) electrons. The predicted octanol–water partition coefficient (Wildman–Crippen LogP) is 5.19. The molecule has 6 heteroatoms. The Kier molecular flexibility index (Phi) is 6.54. The van der Waals surface area contributed by atoms with E-state index in [1.54, 1.807) is 0 Å². The fourth-order valence-corrected chi connectivity index (χ4v) is 4.79. The highest BCUT2D eigenvalue weighted by Crippen LogP contribution is 2.26. The van der Waals surface area contributed by atoms with Crippen molar-refractivity contribution in [3.05, 3.63) is 70.0 Å². The number of pyridine rings is 1. The highest BCUT2D eigenvalue weighted by molar-refractivity contribution is 5.87. The summed E-state index contributed by atoms with van der Waals surface area (Å²) in [6, 6.07) is 16.5. The second-order valence-electron chi connectivity index (χ2n) is 10.6. The number of aromatic amines is 1. The molecule has 6 nitrogen and oxygen atoms in total. The lowest BCUT2D eigenvalue weighted by atomic mass is 10.0. The number of ether oxygens (including phenoxy) is 1. The van der Waals surface area contributed by atoms with Gasteiger partial charge in [0.1, 0.15) is 5.60 Å². The normalized spacial score (nSPS) is 18.6. The maximum absolute atomic E-state index is 12.6. The summed E-state index contributed by atoms with van der Waals surface area (Å²) in [5.41, 5.74) is 3.54. The minimum absolute atomic E-state index is 0.0650. The SMILES string of the molecule is Cc1cccc2c(=O)[nH]c(-c3ccc(CN(C)C4CN(C(=O)OC(C)(C)C)CC4C)cc3)cc12. The van der Waals surface area contributed by atoms with Crippen molar-refractivity contribution in [1.82, 2.24) is 14.8 Å². The Morgan fingerprint density at radius 2 is 1.82 bits per heavy atom. The van der Waals surface area contributed by atoms with Crippen LogP contribution in [-0.2, 0) is 11.3 Å². The monoisotopic (exact) mass is 461 g/mol. The number of fused-ring (bicyclic) bond motifs is 1. The van der Waals surface area contributed by atoms with E-state index in [1.807, 2.05) is 50.8 Å². The molecular weight excluding hydrogens is 426 g/mol. The summed E-state index contributed by atoms with van der Waals surface area (Å²) in [4.78, 5) is 32.2. The minimum atomic E-state index is -0.486. The van der Waals surface area contributed by atoms with Gasteiger partial charge in [0.15, 0.2) is 0 Å². The first-order chi connectivity index (χ1) is 16.0. The second kappa shape index (κ2) is 9.26. The molecule has 34 heavy (non-hydrogen) atoms. The van der Waals surface area contributed by atoms with Crippen LogP contribution in [0.1, 0.15) is 38.8 Å². The van der Waals surface area contributed by atoms with Crippen molar-refractivity contribution < 1.29 is 9.53 Å². The number of nitrogens with zero attached hydrogens (tertiary/aromatic N) is 2. The molecule has 4 rings (SSSR count). The Morgan fingerprint density at radius 3 is 2.50 bits per heavy atom. The summed E-state index contributed by atoms with van der Waals surface area (Å²) < 4.78 is 5.56. The molecule has 1 aliphatic heterocycles.